The lowest BCUT2D eigenvalue weighted by molar-refractivity contribution is 0.102. The monoisotopic (exact) mass is 478 g/mol. The lowest BCUT2D eigenvalue weighted by Crippen LogP contribution is -2.23. The smallest absolute Gasteiger partial charge is 0.270 e. The fraction of sp³-hybridized carbons (Fsp3) is 0.250. The van der Waals surface area contributed by atoms with E-state index in [-0.39, 0.29) is 16.0 Å². The Hall–Kier alpha value is -3.22. The van der Waals surface area contributed by atoms with Crippen LogP contribution < -0.4 is 24.2 Å². The van der Waals surface area contributed by atoms with Gasteiger partial charge in [-0.15, -0.1) is 10.2 Å². The van der Waals surface area contributed by atoms with Gasteiger partial charge in [-0.25, -0.2) is 13.1 Å². The number of aryl methyl sites for hydroxylation is 1. The summed E-state index contributed by atoms with van der Waals surface area (Å²) >= 11 is 0.745. The minimum atomic E-state index is -3.99. The molecule has 12 heteroatoms. The summed E-state index contributed by atoms with van der Waals surface area (Å²) in [6.07, 6.45) is 0. The second-order valence-corrected chi connectivity index (χ2v) is 9.43. The van der Waals surface area contributed by atoms with E-state index in [4.69, 9.17) is 14.2 Å². The number of sulfonamides is 1. The molecule has 0 saturated heterocycles. The number of carbonyl (C=O) groups excluding carboxylic acids is 1. The van der Waals surface area contributed by atoms with E-state index in [2.05, 4.69) is 20.2 Å². The van der Waals surface area contributed by atoms with Crippen molar-refractivity contribution in [3.05, 3.63) is 53.1 Å². The van der Waals surface area contributed by atoms with Crippen LogP contribution >= 0.6 is 11.3 Å². The molecule has 3 aromatic rings. The third kappa shape index (κ3) is 5.15. The van der Waals surface area contributed by atoms with Crippen molar-refractivity contribution < 1.29 is 27.4 Å². The molecule has 0 radical (unpaired) electrons. The van der Waals surface area contributed by atoms with Gasteiger partial charge in [0.2, 0.25) is 15.2 Å². The predicted molar refractivity (Wildman–Crippen MR) is 119 cm³/mol. The average molecular weight is 479 g/mol. The number of hydrogen-bond acceptors (Lipinski definition) is 9. The summed E-state index contributed by atoms with van der Waals surface area (Å²) in [5.74, 6) is 0.743. The van der Waals surface area contributed by atoms with Crippen molar-refractivity contribution >= 4 is 32.4 Å². The molecular weight excluding hydrogens is 456 g/mol. The third-order valence-corrected chi connectivity index (χ3v) is 6.98. The fourth-order valence-corrected chi connectivity index (χ4v) is 4.80. The van der Waals surface area contributed by atoms with Crippen molar-refractivity contribution in [1.82, 2.24) is 14.9 Å². The largest absolute Gasteiger partial charge is 0.493 e. The number of nitrogens with one attached hydrogen (secondary N) is 2. The molecule has 0 bridgehead atoms. The van der Waals surface area contributed by atoms with E-state index in [1.807, 2.05) is 13.0 Å². The zero-order chi connectivity index (χ0) is 23.3. The summed E-state index contributed by atoms with van der Waals surface area (Å²) in [6, 6.07) is 10.3. The van der Waals surface area contributed by atoms with Crippen LogP contribution in [0.15, 0.2) is 40.7 Å². The van der Waals surface area contributed by atoms with Gasteiger partial charge in [0.15, 0.2) is 11.5 Å². The first-order valence-electron chi connectivity index (χ1n) is 9.28. The molecule has 1 aromatic heterocycles. The number of aromatic nitrogens is 2. The van der Waals surface area contributed by atoms with Gasteiger partial charge in [-0.1, -0.05) is 35.1 Å². The highest BCUT2D eigenvalue weighted by Crippen LogP contribution is 2.39. The molecular formula is C20H22N4O6S2. The zero-order valence-electron chi connectivity index (χ0n) is 17.8. The first-order chi connectivity index (χ1) is 15.3. The molecule has 0 fully saturated rings. The van der Waals surface area contributed by atoms with Gasteiger partial charge < -0.3 is 14.2 Å². The van der Waals surface area contributed by atoms with Crippen molar-refractivity contribution in [2.24, 2.45) is 0 Å². The highest BCUT2D eigenvalue weighted by molar-refractivity contribution is 7.91. The van der Waals surface area contributed by atoms with Crippen LogP contribution in [0.5, 0.6) is 17.2 Å². The maximum absolute atomic E-state index is 12.7. The Morgan fingerprint density at radius 1 is 1.03 bits per heavy atom. The van der Waals surface area contributed by atoms with Gasteiger partial charge in [0, 0.05) is 17.7 Å². The van der Waals surface area contributed by atoms with E-state index < -0.39 is 15.9 Å². The Morgan fingerprint density at radius 2 is 1.78 bits per heavy atom. The number of ether oxygens (including phenoxy) is 3. The Kier molecular flexibility index (Phi) is 7.28. The summed E-state index contributed by atoms with van der Waals surface area (Å²) in [5.41, 5.74) is 1.89. The van der Waals surface area contributed by atoms with Crippen LogP contribution in [0.2, 0.25) is 0 Å². The SMILES string of the molecule is COc1ccc(CNS(=O)(=O)c2nnc(NC(=O)c3cccc(C)c3)s2)c(OC)c1OC. The molecule has 0 unspecified atom stereocenters. The molecule has 0 aliphatic rings. The van der Waals surface area contributed by atoms with Gasteiger partial charge in [0.05, 0.1) is 21.3 Å². The second kappa shape index (κ2) is 9.94. The molecule has 0 aliphatic heterocycles. The normalized spacial score (nSPS) is 11.1. The number of carbonyl (C=O) groups is 1. The molecule has 0 atom stereocenters. The maximum Gasteiger partial charge on any atom is 0.270 e. The molecule has 0 spiro atoms. The molecule has 1 heterocycles. The van der Waals surface area contributed by atoms with Crippen molar-refractivity contribution in [2.75, 3.05) is 26.6 Å². The highest BCUT2D eigenvalue weighted by Gasteiger charge is 2.23. The van der Waals surface area contributed by atoms with Gasteiger partial charge in [0.25, 0.3) is 15.9 Å². The molecule has 1 amide bonds. The Balaban J connectivity index is 1.73. The van der Waals surface area contributed by atoms with Crippen molar-refractivity contribution in [1.29, 1.82) is 0 Å². The van der Waals surface area contributed by atoms with E-state index >= 15 is 0 Å². The average Bonchev–Trinajstić information content (AvgIpc) is 3.26. The van der Waals surface area contributed by atoms with E-state index in [1.54, 1.807) is 30.3 Å². The summed E-state index contributed by atoms with van der Waals surface area (Å²) in [7, 11) is 0.410. The predicted octanol–water partition coefficient (Wildman–Crippen LogP) is 2.60. The molecule has 2 aromatic carbocycles. The van der Waals surface area contributed by atoms with E-state index in [1.165, 1.54) is 21.3 Å². The summed E-state index contributed by atoms with van der Waals surface area (Å²) in [4.78, 5) is 12.3. The number of amides is 1. The number of nitrogens with zero attached hydrogens (tertiary/aromatic N) is 2. The molecule has 32 heavy (non-hydrogen) atoms. The van der Waals surface area contributed by atoms with E-state index in [9.17, 15) is 13.2 Å². The minimum Gasteiger partial charge on any atom is -0.493 e. The molecule has 2 N–H and O–H groups in total. The van der Waals surface area contributed by atoms with Gasteiger partial charge in [-0.05, 0) is 25.1 Å². The first-order valence-corrected chi connectivity index (χ1v) is 11.6. The molecule has 0 aliphatic carbocycles. The molecule has 170 valence electrons. The Bertz CT molecular complexity index is 1230. The van der Waals surface area contributed by atoms with Gasteiger partial charge >= 0.3 is 0 Å². The van der Waals surface area contributed by atoms with Crippen LogP contribution in [0.25, 0.3) is 0 Å². The topological polar surface area (TPSA) is 129 Å². The Labute approximate surface area is 189 Å². The fourth-order valence-electron chi connectivity index (χ4n) is 2.86. The number of methoxy groups -OCH3 is 3. The number of rotatable bonds is 9. The molecule has 0 saturated carbocycles. The minimum absolute atomic E-state index is 0.0700. The molecule has 10 nitrogen and oxygen atoms in total. The van der Waals surface area contributed by atoms with Crippen LogP contribution in [0.1, 0.15) is 21.5 Å². The number of anilines is 1. The summed E-state index contributed by atoms with van der Waals surface area (Å²) < 4.78 is 43.4. The van der Waals surface area contributed by atoms with E-state index in [0.29, 0.717) is 28.4 Å². The number of benzene rings is 2. The van der Waals surface area contributed by atoms with Crippen molar-refractivity contribution in [3.8, 4) is 17.2 Å². The first kappa shape index (κ1) is 23.4. The molecule has 3 rings (SSSR count). The summed E-state index contributed by atoms with van der Waals surface area (Å²) in [5, 5.41) is 10.1. The summed E-state index contributed by atoms with van der Waals surface area (Å²) in [6.45, 7) is 1.78. The quantitative estimate of drug-likeness (QED) is 0.449. The van der Waals surface area contributed by atoms with Gasteiger partial charge in [-0.2, -0.15) is 0 Å². The van der Waals surface area contributed by atoms with Crippen LogP contribution in [0.3, 0.4) is 0 Å². The standard InChI is InChI=1S/C20H22N4O6S2/c1-12-6-5-7-13(10-12)18(25)22-19-23-24-20(31-19)32(26,27)21-11-14-8-9-15(28-2)17(30-4)16(14)29-3/h5-10,21H,11H2,1-4H3,(H,22,23,25). The van der Waals surface area contributed by atoms with Crippen LogP contribution in [0, 0.1) is 6.92 Å². The van der Waals surface area contributed by atoms with Crippen molar-refractivity contribution in [2.45, 2.75) is 17.8 Å². The maximum atomic E-state index is 12.7. The van der Waals surface area contributed by atoms with Crippen LogP contribution in [-0.2, 0) is 16.6 Å². The lowest BCUT2D eigenvalue weighted by atomic mass is 10.1. The van der Waals surface area contributed by atoms with Crippen LogP contribution in [-0.4, -0.2) is 45.9 Å². The van der Waals surface area contributed by atoms with Crippen LogP contribution in [0.4, 0.5) is 5.13 Å². The van der Waals surface area contributed by atoms with Crippen molar-refractivity contribution in [3.63, 3.8) is 0 Å². The third-order valence-electron chi connectivity index (χ3n) is 4.38. The number of hydrogen-bond donors (Lipinski definition) is 2. The second-order valence-electron chi connectivity index (χ2n) is 6.51. The lowest BCUT2D eigenvalue weighted by Gasteiger charge is -2.15. The Morgan fingerprint density at radius 3 is 2.44 bits per heavy atom. The van der Waals surface area contributed by atoms with Gasteiger partial charge in [-0.3, -0.25) is 10.1 Å². The zero-order valence-corrected chi connectivity index (χ0v) is 19.5. The highest BCUT2D eigenvalue weighted by atomic mass is 32.2. The van der Waals surface area contributed by atoms with E-state index in [0.717, 1.165) is 16.9 Å². The van der Waals surface area contributed by atoms with Gasteiger partial charge in [0.1, 0.15) is 0 Å².